The number of azo groups is 1. The molecule has 12 heteroatoms. The zero-order valence-corrected chi connectivity index (χ0v) is 23.3. The number of nitrogens with two attached hydrogens (primary N) is 1. The van der Waals surface area contributed by atoms with Crippen LogP contribution in [0.1, 0.15) is 28.5 Å². The summed E-state index contributed by atoms with van der Waals surface area (Å²) < 4.78 is 17.4. The lowest BCUT2D eigenvalue weighted by Crippen LogP contribution is -2.51. The van der Waals surface area contributed by atoms with Gasteiger partial charge in [-0.3, -0.25) is 14.7 Å². The average Bonchev–Trinajstić information content (AvgIpc) is 3.71. The van der Waals surface area contributed by atoms with E-state index in [1.807, 2.05) is 48.5 Å². The monoisotopic (exact) mass is 568 g/mol. The minimum Gasteiger partial charge on any atom is -0.488 e. The number of piperazine rings is 1. The van der Waals surface area contributed by atoms with Gasteiger partial charge in [0.25, 0.3) is 5.91 Å². The molecular weight excluding hydrogens is 536 g/mol. The molecule has 4 aromatic rings. The summed E-state index contributed by atoms with van der Waals surface area (Å²) in [7, 11) is 1.59. The Morgan fingerprint density at radius 3 is 2.67 bits per heavy atom. The number of pyridine rings is 1. The summed E-state index contributed by atoms with van der Waals surface area (Å²) in [6.07, 6.45) is 2.52. The topological polar surface area (TPSA) is 144 Å². The quantitative estimate of drug-likeness (QED) is 0.116. The highest BCUT2D eigenvalue weighted by atomic mass is 16.5. The fourth-order valence-corrected chi connectivity index (χ4v) is 5.34. The van der Waals surface area contributed by atoms with E-state index in [2.05, 4.69) is 30.2 Å². The summed E-state index contributed by atoms with van der Waals surface area (Å²) in [4.78, 5) is 26.5. The lowest BCUT2D eigenvalue weighted by Gasteiger charge is -2.38. The van der Waals surface area contributed by atoms with Crippen LogP contribution in [0, 0.1) is 0 Å². The van der Waals surface area contributed by atoms with Gasteiger partial charge >= 0.3 is 0 Å². The molecule has 4 heterocycles. The van der Waals surface area contributed by atoms with Crippen LogP contribution in [-0.2, 0) is 4.74 Å². The molecule has 2 fully saturated rings. The molecule has 0 spiro atoms. The van der Waals surface area contributed by atoms with Gasteiger partial charge in [-0.25, -0.2) is 4.98 Å². The van der Waals surface area contributed by atoms with Crippen molar-refractivity contribution in [3.8, 4) is 17.2 Å². The second-order valence-electron chi connectivity index (χ2n) is 10.1. The summed E-state index contributed by atoms with van der Waals surface area (Å²) in [6, 6.07) is 18.7. The molecule has 2 N–H and O–H groups in total. The molecule has 2 aliphatic heterocycles. The van der Waals surface area contributed by atoms with Gasteiger partial charge in [0.05, 0.1) is 19.3 Å². The standard InChI is InChI=1S/C30H32N8O4/c1-32-36-28(35-31)27(20-5-3-2-4-6-20)37-12-14-38(15-13-37)30(39)25-17-21(9-11-33-25)29-34-24-18-22(7-8-26(24)42-29)41-23-10-16-40-19-23/h2-9,11,17-18,23,27H,10,12-16,19,31H2,1H3. The Labute approximate surface area is 242 Å². The van der Waals surface area contributed by atoms with E-state index in [-0.39, 0.29) is 18.1 Å². The summed E-state index contributed by atoms with van der Waals surface area (Å²) in [5.74, 6) is 7.09. The van der Waals surface area contributed by atoms with Crippen LogP contribution in [-0.4, -0.2) is 84.1 Å². The van der Waals surface area contributed by atoms with E-state index in [0.29, 0.717) is 73.5 Å². The second kappa shape index (κ2) is 12.5. The van der Waals surface area contributed by atoms with Crippen molar-refractivity contribution in [2.24, 2.45) is 21.2 Å². The first-order valence-electron chi connectivity index (χ1n) is 13.9. The fraction of sp³-hybridized carbons (Fsp3) is 0.333. The normalized spacial score (nSPS) is 19.0. The molecule has 0 aliphatic carbocycles. The summed E-state index contributed by atoms with van der Waals surface area (Å²) >= 11 is 0. The number of rotatable bonds is 7. The molecular formula is C30H32N8O4. The SMILES string of the molecule is CN=NC(=NN)C(c1ccccc1)N1CCN(C(=O)c2cc(-c3nc4cc(OC5CCOC5)ccc4o3)ccn2)CC1. The van der Waals surface area contributed by atoms with E-state index in [1.54, 1.807) is 30.3 Å². The van der Waals surface area contributed by atoms with Gasteiger partial charge in [-0.15, -0.1) is 5.11 Å². The van der Waals surface area contributed by atoms with Gasteiger partial charge in [-0.2, -0.15) is 10.2 Å². The number of amides is 1. The van der Waals surface area contributed by atoms with E-state index in [4.69, 9.17) is 19.7 Å². The lowest BCUT2D eigenvalue weighted by molar-refractivity contribution is 0.0606. The number of hydrogen-bond acceptors (Lipinski definition) is 10. The van der Waals surface area contributed by atoms with Crippen LogP contribution < -0.4 is 10.6 Å². The second-order valence-corrected chi connectivity index (χ2v) is 10.1. The first kappa shape index (κ1) is 27.5. The molecule has 2 aromatic heterocycles. The minimum absolute atomic E-state index is 0.0476. The van der Waals surface area contributed by atoms with E-state index in [9.17, 15) is 4.79 Å². The van der Waals surface area contributed by atoms with Crippen molar-refractivity contribution in [1.29, 1.82) is 0 Å². The molecule has 2 aliphatic rings. The maximum Gasteiger partial charge on any atom is 0.272 e. The van der Waals surface area contributed by atoms with Crippen molar-refractivity contribution in [3.63, 3.8) is 0 Å². The maximum absolute atomic E-state index is 13.5. The Kier molecular flexibility index (Phi) is 8.15. The first-order chi connectivity index (χ1) is 20.6. The third-order valence-corrected chi connectivity index (χ3v) is 7.44. The Bertz CT molecular complexity index is 1590. The number of aromatic nitrogens is 2. The third kappa shape index (κ3) is 5.85. The van der Waals surface area contributed by atoms with Crippen molar-refractivity contribution < 1.29 is 18.7 Å². The molecule has 2 atom stereocenters. The average molecular weight is 569 g/mol. The number of hydrogen-bond donors (Lipinski definition) is 1. The molecule has 0 radical (unpaired) electrons. The summed E-state index contributed by atoms with van der Waals surface area (Å²) in [5, 5.41) is 12.0. The number of fused-ring (bicyclic) bond motifs is 1. The number of carbonyl (C=O) groups is 1. The van der Waals surface area contributed by atoms with Crippen molar-refractivity contribution in [2.45, 2.75) is 18.6 Å². The predicted octanol–water partition coefficient (Wildman–Crippen LogP) is 3.91. The van der Waals surface area contributed by atoms with Crippen LogP contribution in [0.2, 0.25) is 0 Å². The Balaban J connectivity index is 1.15. The zero-order chi connectivity index (χ0) is 28.9. The number of carbonyl (C=O) groups excluding carboxylic acids is 1. The number of nitrogens with zero attached hydrogens (tertiary/aromatic N) is 7. The van der Waals surface area contributed by atoms with E-state index >= 15 is 0 Å². The van der Waals surface area contributed by atoms with Crippen molar-refractivity contribution >= 4 is 22.8 Å². The smallest absolute Gasteiger partial charge is 0.272 e. The Morgan fingerprint density at radius 2 is 1.93 bits per heavy atom. The number of benzene rings is 2. The predicted molar refractivity (Wildman–Crippen MR) is 156 cm³/mol. The first-order valence-corrected chi connectivity index (χ1v) is 13.9. The molecule has 1 amide bonds. The molecule has 216 valence electrons. The summed E-state index contributed by atoms with van der Waals surface area (Å²) in [5.41, 5.74) is 3.33. The largest absolute Gasteiger partial charge is 0.488 e. The highest BCUT2D eigenvalue weighted by Gasteiger charge is 2.31. The highest BCUT2D eigenvalue weighted by Crippen LogP contribution is 2.29. The summed E-state index contributed by atoms with van der Waals surface area (Å²) in [6.45, 7) is 3.52. The Morgan fingerprint density at radius 1 is 1.10 bits per heavy atom. The lowest BCUT2D eigenvalue weighted by atomic mass is 10.0. The number of amidine groups is 1. The van der Waals surface area contributed by atoms with Crippen LogP contribution in [0.3, 0.4) is 0 Å². The van der Waals surface area contributed by atoms with Gasteiger partial charge in [0.2, 0.25) is 5.89 Å². The van der Waals surface area contributed by atoms with Crippen molar-refractivity contribution in [3.05, 3.63) is 78.1 Å². The number of hydrazone groups is 1. The van der Waals surface area contributed by atoms with Gasteiger partial charge in [-0.05, 0) is 29.8 Å². The minimum atomic E-state index is -0.268. The molecule has 2 unspecified atom stereocenters. The maximum atomic E-state index is 13.5. The van der Waals surface area contributed by atoms with Gasteiger partial charge in [0.15, 0.2) is 11.4 Å². The van der Waals surface area contributed by atoms with Crippen LogP contribution in [0.15, 0.2) is 86.6 Å². The zero-order valence-electron chi connectivity index (χ0n) is 23.3. The van der Waals surface area contributed by atoms with Gasteiger partial charge in [-0.1, -0.05) is 30.3 Å². The molecule has 2 aromatic carbocycles. The van der Waals surface area contributed by atoms with Crippen LogP contribution in [0.5, 0.6) is 5.75 Å². The molecule has 0 bridgehead atoms. The number of oxazole rings is 1. The van der Waals surface area contributed by atoms with Gasteiger partial charge in [0.1, 0.15) is 23.1 Å². The molecule has 6 rings (SSSR count). The molecule has 12 nitrogen and oxygen atoms in total. The van der Waals surface area contributed by atoms with Crippen molar-refractivity contribution in [1.82, 2.24) is 19.8 Å². The van der Waals surface area contributed by atoms with Crippen molar-refractivity contribution in [2.75, 3.05) is 46.4 Å². The van der Waals surface area contributed by atoms with Gasteiger partial charge in [0, 0.05) is 57.5 Å². The fourth-order valence-electron chi connectivity index (χ4n) is 5.34. The van der Waals surface area contributed by atoms with Crippen LogP contribution >= 0.6 is 0 Å². The number of ether oxygens (including phenoxy) is 2. The highest BCUT2D eigenvalue weighted by molar-refractivity contribution is 5.93. The van der Waals surface area contributed by atoms with E-state index in [1.165, 1.54) is 0 Å². The van der Waals surface area contributed by atoms with E-state index in [0.717, 1.165) is 17.7 Å². The molecule has 42 heavy (non-hydrogen) atoms. The third-order valence-electron chi connectivity index (χ3n) is 7.44. The Hall–Kier alpha value is -4.68. The van der Waals surface area contributed by atoms with Crippen LogP contribution in [0.25, 0.3) is 22.6 Å². The van der Waals surface area contributed by atoms with Crippen LogP contribution in [0.4, 0.5) is 0 Å². The molecule has 2 saturated heterocycles. The van der Waals surface area contributed by atoms with E-state index < -0.39 is 0 Å². The van der Waals surface area contributed by atoms with Gasteiger partial charge < -0.3 is 24.6 Å². The molecule has 0 saturated carbocycles.